The lowest BCUT2D eigenvalue weighted by atomic mass is 10.2. The quantitative estimate of drug-likeness (QED) is 0.831. The first kappa shape index (κ1) is 15.0. The summed E-state index contributed by atoms with van der Waals surface area (Å²) in [6, 6.07) is 4.86. The molecule has 1 N–H and O–H groups in total. The highest BCUT2D eigenvalue weighted by Crippen LogP contribution is 2.16. The van der Waals surface area contributed by atoms with Gasteiger partial charge in [-0.05, 0) is 6.07 Å². The van der Waals surface area contributed by atoms with Crippen molar-refractivity contribution in [2.45, 2.75) is 6.54 Å². The zero-order valence-corrected chi connectivity index (χ0v) is 12.8. The van der Waals surface area contributed by atoms with Crippen molar-refractivity contribution >= 4 is 29.9 Å². The van der Waals surface area contributed by atoms with Crippen molar-refractivity contribution in [3.05, 3.63) is 29.6 Å². The molecule has 0 spiro atoms. The molecule has 100 valence electrons. The molecule has 1 heterocycles. The van der Waals surface area contributed by atoms with Gasteiger partial charge in [-0.15, -0.1) is 24.0 Å². The maximum Gasteiger partial charge on any atom is 0.194 e. The first-order chi connectivity index (χ1) is 8.20. The summed E-state index contributed by atoms with van der Waals surface area (Å²) in [5.74, 6) is 1.08. The number of rotatable bonds is 3. The number of guanidine groups is 1. The molecule has 1 aliphatic rings. The molecule has 0 fully saturated rings. The lowest BCUT2D eigenvalue weighted by molar-refractivity contribution is 0.410. The number of likely N-dealkylation sites (N-methyl/N-ethyl adjacent to an activating group) is 1. The van der Waals surface area contributed by atoms with Crippen LogP contribution in [-0.2, 0) is 6.54 Å². The minimum atomic E-state index is -0.266. The van der Waals surface area contributed by atoms with E-state index in [0.29, 0.717) is 17.9 Å². The topological polar surface area (TPSA) is 36.9 Å². The molecule has 0 unspecified atom stereocenters. The molecule has 18 heavy (non-hydrogen) atoms. The lowest BCUT2D eigenvalue weighted by Crippen LogP contribution is -2.35. The van der Waals surface area contributed by atoms with E-state index in [1.54, 1.807) is 12.1 Å². The Labute approximate surface area is 123 Å². The molecule has 0 bridgehead atoms. The molecule has 0 aromatic heterocycles. The van der Waals surface area contributed by atoms with Gasteiger partial charge in [-0.2, -0.15) is 0 Å². The number of benzene rings is 1. The number of hydrogen-bond acceptors (Lipinski definition) is 4. The van der Waals surface area contributed by atoms with Crippen LogP contribution in [-0.4, -0.2) is 38.1 Å². The summed E-state index contributed by atoms with van der Waals surface area (Å²) in [6.45, 7) is 2.14. The van der Waals surface area contributed by atoms with E-state index < -0.39 is 0 Å². The third kappa shape index (κ3) is 3.47. The van der Waals surface area contributed by atoms with Gasteiger partial charge in [0.1, 0.15) is 11.6 Å². The third-order valence-electron chi connectivity index (χ3n) is 2.76. The van der Waals surface area contributed by atoms with Crippen LogP contribution in [0.25, 0.3) is 0 Å². The molecule has 1 aromatic carbocycles. The second-order valence-corrected chi connectivity index (χ2v) is 3.94. The van der Waals surface area contributed by atoms with Gasteiger partial charge in [-0.25, -0.2) is 4.39 Å². The molecule has 0 amide bonds. The minimum Gasteiger partial charge on any atom is -0.497 e. The number of nitrogens with zero attached hydrogens (tertiary/aromatic N) is 2. The number of ether oxygens (including phenoxy) is 1. The summed E-state index contributed by atoms with van der Waals surface area (Å²) >= 11 is 0. The number of hydrogen-bond donors (Lipinski definition) is 1. The fourth-order valence-electron chi connectivity index (χ4n) is 1.70. The summed E-state index contributed by atoms with van der Waals surface area (Å²) in [5, 5.41) is 3.12. The van der Waals surface area contributed by atoms with Crippen molar-refractivity contribution in [3.8, 4) is 5.75 Å². The molecule has 4 nitrogen and oxygen atoms in total. The van der Waals surface area contributed by atoms with Crippen LogP contribution in [0, 0.1) is 5.82 Å². The fourth-order valence-corrected chi connectivity index (χ4v) is 1.70. The standard InChI is InChI=1S/C12H16FN3O.HI/c1-16-6-5-14-12(16)15-8-9-3-4-10(17-2)7-11(9)13;/h3-4,7H,5-6,8H2,1-2H3,(H,14,15);1H. The van der Waals surface area contributed by atoms with Crippen molar-refractivity contribution in [1.29, 1.82) is 0 Å². The number of nitrogens with one attached hydrogen (secondary N) is 1. The Hall–Kier alpha value is -1.05. The highest BCUT2D eigenvalue weighted by atomic mass is 127. The summed E-state index contributed by atoms with van der Waals surface area (Å²) in [6.07, 6.45) is 0. The van der Waals surface area contributed by atoms with Gasteiger partial charge in [0.05, 0.1) is 13.7 Å². The number of halogens is 2. The Morgan fingerprint density at radius 2 is 2.28 bits per heavy atom. The van der Waals surface area contributed by atoms with Crippen LogP contribution >= 0.6 is 24.0 Å². The van der Waals surface area contributed by atoms with Crippen LogP contribution in [0.4, 0.5) is 4.39 Å². The Morgan fingerprint density at radius 3 is 2.83 bits per heavy atom. The summed E-state index contributed by atoms with van der Waals surface area (Å²) in [7, 11) is 3.48. The van der Waals surface area contributed by atoms with Gasteiger partial charge in [0.15, 0.2) is 5.96 Å². The van der Waals surface area contributed by atoms with Crippen LogP contribution in [0.3, 0.4) is 0 Å². The van der Waals surface area contributed by atoms with Gasteiger partial charge in [0, 0.05) is 31.8 Å². The molecule has 0 saturated carbocycles. The highest BCUT2D eigenvalue weighted by Gasteiger charge is 2.12. The largest absolute Gasteiger partial charge is 0.497 e. The SMILES string of the molecule is COc1ccc(CNC2=NCCN2C)c(F)c1.I. The van der Waals surface area contributed by atoms with Crippen LogP contribution in [0.2, 0.25) is 0 Å². The van der Waals surface area contributed by atoms with Crippen LogP contribution in [0.15, 0.2) is 23.2 Å². The average Bonchev–Trinajstić information content (AvgIpc) is 2.73. The smallest absolute Gasteiger partial charge is 0.194 e. The van der Waals surface area contributed by atoms with E-state index in [4.69, 9.17) is 4.74 Å². The summed E-state index contributed by atoms with van der Waals surface area (Å²) in [5.41, 5.74) is 0.605. The van der Waals surface area contributed by atoms with Gasteiger partial charge in [0.2, 0.25) is 0 Å². The molecule has 6 heteroatoms. The first-order valence-corrected chi connectivity index (χ1v) is 5.52. The van der Waals surface area contributed by atoms with Crippen molar-refractivity contribution < 1.29 is 9.13 Å². The molecule has 2 rings (SSSR count). The second-order valence-electron chi connectivity index (χ2n) is 3.94. The van der Waals surface area contributed by atoms with E-state index in [-0.39, 0.29) is 29.8 Å². The molecule has 0 atom stereocenters. The average molecular weight is 365 g/mol. The van der Waals surface area contributed by atoms with E-state index in [0.717, 1.165) is 19.0 Å². The Balaban J connectivity index is 0.00000162. The third-order valence-corrected chi connectivity index (χ3v) is 2.76. The normalized spacial score (nSPS) is 13.9. The van der Waals surface area contributed by atoms with Gasteiger partial charge < -0.3 is 15.0 Å². The van der Waals surface area contributed by atoms with Crippen molar-refractivity contribution in [2.75, 3.05) is 27.2 Å². The molecule has 0 aliphatic carbocycles. The monoisotopic (exact) mass is 365 g/mol. The van der Waals surface area contributed by atoms with E-state index >= 15 is 0 Å². The van der Waals surface area contributed by atoms with Crippen molar-refractivity contribution in [3.63, 3.8) is 0 Å². The van der Waals surface area contributed by atoms with Crippen molar-refractivity contribution in [1.82, 2.24) is 10.2 Å². The van der Waals surface area contributed by atoms with Gasteiger partial charge in [0.25, 0.3) is 0 Å². The Bertz CT molecular complexity index is 439. The number of aliphatic imine (C=N–C) groups is 1. The van der Waals surface area contributed by atoms with Crippen LogP contribution < -0.4 is 10.1 Å². The Morgan fingerprint density at radius 1 is 1.50 bits per heavy atom. The first-order valence-electron chi connectivity index (χ1n) is 5.52. The van der Waals surface area contributed by atoms with E-state index in [1.807, 2.05) is 11.9 Å². The van der Waals surface area contributed by atoms with E-state index in [2.05, 4.69) is 10.3 Å². The molecule has 1 aromatic rings. The maximum atomic E-state index is 13.6. The molecule has 0 saturated heterocycles. The molecule has 0 radical (unpaired) electrons. The lowest BCUT2D eigenvalue weighted by Gasteiger charge is -2.15. The van der Waals surface area contributed by atoms with Gasteiger partial charge in [-0.1, -0.05) is 6.07 Å². The molecular weight excluding hydrogens is 348 g/mol. The number of methoxy groups -OCH3 is 1. The predicted octanol–water partition coefficient (Wildman–Crippen LogP) is 1.84. The summed E-state index contributed by atoms with van der Waals surface area (Å²) in [4.78, 5) is 6.29. The maximum absolute atomic E-state index is 13.6. The summed E-state index contributed by atoms with van der Waals surface area (Å²) < 4.78 is 18.6. The fraction of sp³-hybridized carbons (Fsp3) is 0.417. The Kier molecular flexibility index (Phi) is 5.64. The van der Waals surface area contributed by atoms with Gasteiger partial charge in [-0.3, -0.25) is 4.99 Å². The zero-order chi connectivity index (χ0) is 12.3. The van der Waals surface area contributed by atoms with Crippen molar-refractivity contribution in [2.24, 2.45) is 4.99 Å². The predicted molar refractivity (Wildman–Crippen MR) is 80.1 cm³/mol. The molecular formula is C12H17FIN3O. The minimum absolute atomic E-state index is 0. The van der Waals surface area contributed by atoms with Crippen LogP contribution in [0.1, 0.15) is 5.56 Å². The van der Waals surface area contributed by atoms with E-state index in [1.165, 1.54) is 13.2 Å². The van der Waals surface area contributed by atoms with E-state index in [9.17, 15) is 4.39 Å². The van der Waals surface area contributed by atoms with Crippen LogP contribution in [0.5, 0.6) is 5.75 Å². The second kappa shape index (κ2) is 6.77. The molecule has 1 aliphatic heterocycles. The zero-order valence-electron chi connectivity index (χ0n) is 10.4. The highest BCUT2D eigenvalue weighted by molar-refractivity contribution is 14.0. The van der Waals surface area contributed by atoms with Gasteiger partial charge >= 0.3 is 0 Å².